The molecule has 0 atom stereocenters. The molecule has 0 aliphatic carbocycles. The van der Waals surface area contributed by atoms with Crippen LogP contribution in [0.4, 0.5) is 5.69 Å². The number of hydrogen-bond donors (Lipinski definition) is 2. The fourth-order valence-electron chi connectivity index (χ4n) is 4.18. The maximum Gasteiger partial charge on any atom is 0.227 e. The molecule has 0 spiro atoms. The number of H-pyrrole nitrogens is 1. The Morgan fingerprint density at radius 1 is 1.13 bits per heavy atom. The van der Waals surface area contributed by atoms with Crippen molar-refractivity contribution in [2.45, 2.75) is 33.2 Å². The minimum absolute atomic E-state index is 0.0486. The van der Waals surface area contributed by atoms with Crippen molar-refractivity contribution in [1.29, 1.82) is 0 Å². The lowest BCUT2D eigenvalue weighted by Gasteiger charge is -2.30. The van der Waals surface area contributed by atoms with Crippen molar-refractivity contribution < 1.29 is 4.79 Å². The summed E-state index contributed by atoms with van der Waals surface area (Å²) in [4.78, 5) is 27.8. The third-order valence-corrected chi connectivity index (χ3v) is 6.73. The van der Waals surface area contributed by atoms with Crippen LogP contribution in [0, 0.1) is 19.8 Å². The summed E-state index contributed by atoms with van der Waals surface area (Å²) >= 11 is 1.67. The predicted molar refractivity (Wildman–Crippen MR) is 122 cm³/mol. The number of anilines is 1. The second-order valence-corrected chi connectivity index (χ2v) is 9.39. The van der Waals surface area contributed by atoms with Crippen LogP contribution in [0.1, 0.15) is 29.2 Å². The number of imidazole rings is 1. The summed E-state index contributed by atoms with van der Waals surface area (Å²) in [5, 5.41) is 4.13. The smallest absolute Gasteiger partial charge is 0.227 e. The molecule has 1 aliphatic heterocycles. The van der Waals surface area contributed by atoms with Crippen molar-refractivity contribution in [3.8, 4) is 0 Å². The van der Waals surface area contributed by atoms with Gasteiger partial charge in [0, 0.05) is 11.6 Å². The zero-order valence-corrected chi connectivity index (χ0v) is 18.1. The van der Waals surface area contributed by atoms with E-state index in [1.165, 1.54) is 5.56 Å². The van der Waals surface area contributed by atoms with Crippen molar-refractivity contribution in [2.24, 2.45) is 5.92 Å². The molecule has 0 bridgehead atoms. The highest BCUT2D eigenvalue weighted by molar-refractivity contribution is 7.18. The highest BCUT2D eigenvalue weighted by Gasteiger charge is 2.25. The number of hydrogen-bond acceptors (Lipinski definition) is 5. The first-order valence-electron chi connectivity index (χ1n) is 10.4. The molecule has 3 heterocycles. The van der Waals surface area contributed by atoms with Crippen LogP contribution >= 0.6 is 11.3 Å². The summed E-state index contributed by atoms with van der Waals surface area (Å²) in [7, 11) is 0. The van der Waals surface area contributed by atoms with Crippen LogP contribution in [0.15, 0.2) is 36.4 Å². The fourth-order valence-corrected chi connectivity index (χ4v) is 4.99. The van der Waals surface area contributed by atoms with Crippen LogP contribution in [-0.2, 0) is 11.3 Å². The van der Waals surface area contributed by atoms with Gasteiger partial charge in [-0.15, -0.1) is 11.3 Å². The SMILES string of the molecule is Cc1ccc2nc(CN3CCC(C(=O)Nc4ccc5sc(C)nc5c4)CC3)[nH]c2c1. The van der Waals surface area contributed by atoms with Crippen molar-refractivity contribution in [1.82, 2.24) is 19.9 Å². The van der Waals surface area contributed by atoms with Crippen LogP contribution in [0.5, 0.6) is 0 Å². The lowest BCUT2D eigenvalue weighted by Crippen LogP contribution is -2.38. The molecule has 154 valence electrons. The highest BCUT2D eigenvalue weighted by Crippen LogP contribution is 2.26. The third kappa shape index (κ3) is 3.95. The van der Waals surface area contributed by atoms with Gasteiger partial charge in [-0.25, -0.2) is 9.97 Å². The summed E-state index contributed by atoms with van der Waals surface area (Å²) in [5.74, 6) is 1.15. The van der Waals surface area contributed by atoms with E-state index in [2.05, 4.69) is 45.3 Å². The Hall–Kier alpha value is -2.77. The van der Waals surface area contributed by atoms with E-state index in [0.717, 1.165) is 70.2 Å². The van der Waals surface area contributed by atoms with E-state index < -0.39 is 0 Å². The largest absolute Gasteiger partial charge is 0.341 e. The molecule has 1 fully saturated rings. The Labute approximate surface area is 179 Å². The quantitative estimate of drug-likeness (QED) is 0.505. The first-order chi connectivity index (χ1) is 14.5. The Morgan fingerprint density at radius 3 is 2.80 bits per heavy atom. The number of carbonyl (C=O) groups is 1. The van der Waals surface area contributed by atoms with E-state index in [4.69, 9.17) is 4.98 Å². The van der Waals surface area contributed by atoms with E-state index in [1.54, 1.807) is 11.3 Å². The average molecular weight is 420 g/mol. The topological polar surface area (TPSA) is 73.9 Å². The number of carbonyl (C=O) groups excluding carboxylic acids is 1. The molecule has 5 rings (SSSR count). The molecule has 1 saturated heterocycles. The number of aryl methyl sites for hydroxylation is 2. The van der Waals surface area contributed by atoms with Crippen LogP contribution in [0.25, 0.3) is 21.3 Å². The van der Waals surface area contributed by atoms with Crippen molar-refractivity contribution in [3.63, 3.8) is 0 Å². The van der Waals surface area contributed by atoms with Crippen LogP contribution in [0.2, 0.25) is 0 Å². The van der Waals surface area contributed by atoms with Gasteiger partial charge in [0.05, 0.1) is 32.8 Å². The zero-order chi connectivity index (χ0) is 20.7. The number of aromatic nitrogens is 3. The normalized spacial score (nSPS) is 15.8. The Balaban J connectivity index is 1.17. The number of likely N-dealkylation sites (tertiary alicyclic amines) is 1. The molecule has 2 aromatic carbocycles. The van der Waals surface area contributed by atoms with E-state index in [-0.39, 0.29) is 11.8 Å². The molecule has 1 aliphatic rings. The summed E-state index contributed by atoms with van der Waals surface area (Å²) in [6, 6.07) is 12.3. The first-order valence-corrected chi connectivity index (χ1v) is 11.2. The number of nitrogens with zero attached hydrogens (tertiary/aromatic N) is 3. The fraction of sp³-hybridized carbons (Fsp3) is 0.348. The van der Waals surface area contributed by atoms with Gasteiger partial charge in [0.2, 0.25) is 5.91 Å². The molecular formula is C23H25N5OS. The number of rotatable bonds is 4. The summed E-state index contributed by atoms with van der Waals surface area (Å²) in [5.41, 5.74) is 5.11. The number of thiazole rings is 1. The van der Waals surface area contributed by atoms with E-state index in [1.807, 2.05) is 25.1 Å². The molecule has 1 amide bonds. The molecule has 0 unspecified atom stereocenters. The van der Waals surface area contributed by atoms with E-state index in [9.17, 15) is 4.79 Å². The Morgan fingerprint density at radius 2 is 1.97 bits per heavy atom. The third-order valence-electron chi connectivity index (χ3n) is 5.78. The van der Waals surface area contributed by atoms with E-state index >= 15 is 0 Å². The molecule has 30 heavy (non-hydrogen) atoms. The predicted octanol–water partition coefficient (Wildman–Crippen LogP) is 4.64. The van der Waals surface area contributed by atoms with Gasteiger partial charge in [0.1, 0.15) is 5.82 Å². The standard InChI is InChI=1S/C23H25N5OS/c1-14-3-5-18-19(11-14)27-22(26-18)13-28-9-7-16(8-10-28)23(29)25-17-4-6-21-20(12-17)24-15(2)30-21/h3-6,11-12,16H,7-10,13H2,1-2H3,(H,25,29)(H,26,27). The summed E-state index contributed by atoms with van der Waals surface area (Å²) in [6.07, 6.45) is 1.73. The minimum Gasteiger partial charge on any atom is -0.341 e. The van der Waals surface area contributed by atoms with Crippen molar-refractivity contribution >= 4 is 44.2 Å². The molecular weight excluding hydrogens is 394 g/mol. The van der Waals surface area contributed by atoms with Gasteiger partial charge in [0.15, 0.2) is 0 Å². The minimum atomic E-state index is 0.0486. The lowest BCUT2D eigenvalue weighted by molar-refractivity contribution is -0.121. The van der Waals surface area contributed by atoms with Crippen LogP contribution in [0.3, 0.4) is 0 Å². The zero-order valence-electron chi connectivity index (χ0n) is 17.2. The van der Waals surface area contributed by atoms with Crippen molar-refractivity contribution in [3.05, 3.63) is 52.8 Å². The van der Waals surface area contributed by atoms with Crippen molar-refractivity contribution in [2.75, 3.05) is 18.4 Å². The Bertz CT molecular complexity index is 1220. The average Bonchev–Trinajstić information content (AvgIpc) is 3.29. The molecule has 2 N–H and O–H groups in total. The summed E-state index contributed by atoms with van der Waals surface area (Å²) in [6.45, 7) is 6.69. The molecule has 7 heteroatoms. The maximum absolute atomic E-state index is 12.8. The van der Waals surface area contributed by atoms with Gasteiger partial charge in [-0.3, -0.25) is 9.69 Å². The first kappa shape index (κ1) is 19.2. The number of piperidine rings is 1. The molecule has 0 radical (unpaired) electrons. The van der Waals surface area contributed by atoms with Gasteiger partial charge in [-0.1, -0.05) is 6.07 Å². The number of aromatic amines is 1. The second kappa shape index (κ2) is 7.81. The molecule has 0 saturated carbocycles. The lowest BCUT2D eigenvalue weighted by atomic mass is 9.96. The Kier molecular flexibility index (Phi) is 5.00. The second-order valence-electron chi connectivity index (χ2n) is 8.16. The number of fused-ring (bicyclic) bond motifs is 2. The van der Waals surface area contributed by atoms with Crippen LogP contribution in [-0.4, -0.2) is 38.8 Å². The van der Waals surface area contributed by atoms with Gasteiger partial charge >= 0.3 is 0 Å². The van der Waals surface area contributed by atoms with Gasteiger partial charge < -0.3 is 10.3 Å². The van der Waals surface area contributed by atoms with Gasteiger partial charge in [0.25, 0.3) is 0 Å². The number of amides is 1. The highest BCUT2D eigenvalue weighted by atomic mass is 32.1. The molecule has 2 aromatic heterocycles. The van der Waals surface area contributed by atoms with Gasteiger partial charge in [-0.2, -0.15) is 0 Å². The van der Waals surface area contributed by atoms with E-state index in [0.29, 0.717) is 0 Å². The monoisotopic (exact) mass is 419 g/mol. The number of benzene rings is 2. The van der Waals surface area contributed by atoms with Crippen LogP contribution < -0.4 is 5.32 Å². The maximum atomic E-state index is 12.8. The number of nitrogens with one attached hydrogen (secondary N) is 2. The molecule has 4 aromatic rings. The summed E-state index contributed by atoms with van der Waals surface area (Å²) < 4.78 is 1.15. The molecule has 6 nitrogen and oxygen atoms in total. The van der Waals surface area contributed by atoms with Gasteiger partial charge in [-0.05, 0) is 75.7 Å².